The largest absolute Gasteiger partial charge is 0.492 e. The Morgan fingerprint density at radius 3 is 2.55 bits per heavy atom. The number of amides is 1. The first kappa shape index (κ1) is 20.2. The van der Waals surface area contributed by atoms with E-state index >= 15 is 0 Å². The molecule has 0 saturated carbocycles. The Balaban J connectivity index is 1.69. The molecule has 5 nitrogen and oxygen atoms in total. The van der Waals surface area contributed by atoms with Crippen LogP contribution in [0.2, 0.25) is 0 Å². The summed E-state index contributed by atoms with van der Waals surface area (Å²) in [5.41, 5.74) is 5.22. The molecule has 29 heavy (non-hydrogen) atoms. The van der Waals surface area contributed by atoms with E-state index in [4.69, 9.17) is 9.31 Å². The Morgan fingerprint density at radius 2 is 1.86 bits per heavy atom. The van der Waals surface area contributed by atoms with Crippen LogP contribution in [0.4, 0.5) is 0 Å². The normalized spacial score (nSPS) is 20.7. The van der Waals surface area contributed by atoms with Gasteiger partial charge < -0.3 is 19.6 Å². The number of nitrogens with one attached hydrogen (secondary N) is 2. The minimum absolute atomic E-state index is 0.0671. The van der Waals surface area contributed by atoms with Gasteiger partial charge in [-0.2, -0.15) is 0 Å². The second kappa shape index (κ2) is 7.33. The van der Waals surface area contributed by atoms with E-state index in [9.17, 15) is 4.79 Å². The van der Waals surface area contributed by atoms with E-state index in [0.717, 1.165) is 23.9 Å². The first-order chi connectivity index (χ1) is 13.7. The Hall–Kier alpha value is -2.05. The van der Waals surface area contributed by atoms with Gasteiger partial charge in [-0.3, -0.25) is 4.79 Å². The molecule has 0 bridgehead atoms. The number of benzene rings is 1. The lowest BCUT2D eigenvalue weighted by molar-refractivity contribution is -0.118. The maximum Gasteiger partial charge on any atom is 0.492 e. The van der Waals surface area contributed by atoms with E-state index in [-0.39, 0.29) is 5.91 Å². The summed E-state index contributed by atoms with van der Waals surface area (Å²) in [6.07, 6.45) is 6.88. The van der Waals surface area contributed by atoms with Crippen molar-refractivity contribution in [2.75, 3.05) is 6.54 Å². The summed E-state index contributed by atoms with van der Waals surface area (Å²) in [7, 11) is -0.484. The Labute approximate surface area is 173 Å². The zero-order chi connectivity index (χ0) is 20.8. The number of hydrogen-bond donors (Lipinski definition) is 2. The van der Waals surface area contributed by atoms with Gasteiger partial charge in [-0.1, -0.05) is 12.1 Å². The first-order valence-corrected chi connectivity index (χ1v) is 10.6. The van der Waals surface area contributed by atoms with Crippen LogP contribution in [0.25, 0.3) is 17.0 Å². The van der Waals surface area contributed by atoms with Crippen LogP contribution < -0.4 is 5.32 Å². The predicted octanol–water partition coefficient (Wildman–Crippen LogP) is 4.20. The minimum atomic E-state index is -0.484. The van der Waals surface area contributed by atoms with Crippen LogP contribution in [0.5, 0.6) is 0 Å². The van der Waals surface area contributed by atoms with E-state index < -0.39 is 18.3 Å². The van der Waals surface area contributed by atoms with Crippen LogP contribution in [0.15, 0.2) is 23.7 Å². The van der Waals surface area contributed by atoms with E-state index in [2.05, 4.69) is 34.6 Å². The summed E-state index contributed by atoms with van der Waals surface area (Å²) in [6, 6.07) is 6.51. The van der Waals surface area contributed by atoms with Gasteiger partial charge in [0.1, 0.15) is 0 Å². The average Bonchev–Trinajstić information content (AvgIpc) is 3.11. The molecule has 154 valence electrons. The highest BCUT2D eigenvalue weighted by molar-refractivity contribution is 6.56. The van der Waals surface area contributed by atoms with Crippen LogP contribution in [-0.2, 0) is 26.9 Å². The molecule has 0 radical (unpaired) electrons. The highest BCUT2D eigenvalue weighted by Gasteiger charge is 2.52. The van der Waals surface area contributed by atoms with Crippen LogP contribution in [0.1, 0.15) is 64.3 Å². The standard InChI is InChI=1S/C23H31BN2O3/c1-15(27)25-14-17(24-28-22(2,3)23(4,5)29-24)12-16-10-11-21-19(13-16)18-8-6-7-9-20(18)26-21/h10-13,26H,6-9,14H2,1-5H3,(H,25,27). The summed E-state index contributed by atoms with van der Waals surface area (Å²) >= 11 is 0. The van der Waals surface area contributed by atoms with Gasteiger partial charge in [0.2, 0.25) is 5.91 Å². The lowest BCUT2D eigenvalue weighted by Gasteiger charge is -2.32. The number of H-pyrrole nitrogens is 1. The summed E-state index contributed by atoms with van der Waals surface area (Å²) in [5, 5.41) is 4.21. The van der Waals surface area contributed by atoms with Crippen molar-refractivity contribution in [3.05, 3.63) is 40.5 Å². The topological polar surface area (TPSA) is 63.4 Å². The zero-order valence-electron chi connectivity index (χ0n) is 18.1. The average molecular weight is 394 g/mol. The molecule has 1 amide bonds. The van der Waals surface area contributed by atoms with Gasteiger partial charge in [-0.15, -0.1) is 0 Å². The van der Waals surface area contributed by atoms with Crippen LogP contribution in [0, 0.1) is 0 Å². The fourth-order valence-electron chi connectivity index (χ4n) is 4.15. The summed E-state index contributed by atoms with van der Waals surface area (Å²) in [4.78, 5) is 15.1. The van der Waals surface area contributed by atoms with Crippen molar-refractivity contribution in [3.63, 3.8) is 0 Å². The molecule has 0 atom stereocenters. The fourth-order valence-corrected chi connectivity index (χ4v) is 4.15. The van der Waals surface area contributed by atoms with Crippen LogP contribution in [-0.4, -0.2) is 35.8 Å². The number of aromatic amines is 1. The second-order valence-corrected chi connectivity index (χ2v) is 9.31. The monoisotopic (exact) mass is 394 g/mol. The molecule has 4 rings (SSSR count). The van der Waals surface area contributed by atoms with Crippen molar-refractivity contribution in [1.82, 2.24) is 10.3 Å². The summed E-state index contributed by atoms with van der Waals surface area (Å²) < 4.78 is 12.5. The molecule has 2 heterocycles. The maximum absolute atomic E-state index is 11.5. The van der Waals surface area contributed by atoms with Crippen molar-refractivity contribution in [3.8, 4) is 0 Å². The van der Waals surface area contributed by atoms with Gasteiger partial charge in [0.25, 0.3) is 0 Å². The molecule has 2 aliphatic rings. The molecular weight excluding hydrogens is 363 g/mol. The number of carbonyl (C=O) groups is 1. The Kier molecular flexibility index (Phi) is 5.12. The molecular formula is C23H31BN2O3. The number of carbonyl (C=O) groups excluding carboxylic acids is 1. The highest BCUT2D eigenvalue weighted by atomic mass is 16.7. The summed E-state index contributed by atoms with van der Waals surface area (Å²) in [6.45, 7) is 10.1. The number of aryl methyl sites for hydroxylation is 2. The molecule has 6 heteroatoms. The molecule has 1 aromatic heterocycles. The van der Waals surface area contributed by atoms with E-state index in [1.807, 2.05) is 27.7 Å². The summed E-state index contributed by atoms with van der Waals surface area (Å²) in [5.74, 6) is -0.0671. The molecule has 1 aliphatic carbocycles. The fraction of sp³-hybridized carbons (Fsp3) is 0.522. The Bertz CT molecular complexity index is 958. The van der Waals surface area contributed by atoms with Crippen LogP contribution in [0.3, 0.4) is 0 Å². The molecule has 0 unspecified atom stereocenters. The number of rotatable bonds is 4. The smallest absolute Gasteiger partial charge is 0.400 e. The van der Waals surface area contributed by atoms with Gasteiger partial charge in [-0.05, 0) is 82.1 Å². The van der Waals surface area contributed by atoms with Gasteiger partial charge in [0.15, 0.2) is 0 Å². The molecule has 1 fully saturated rings. The lowest BCUT2D eigenvalue weighted by atomic mass is 9.77. The van der Waals surface area contributed by atoms with Gasteiger partial charge in [-0.25, -0.2) is 0 Å². The third-order valence-corrected chi connectivity index (χ3v) is 6.57. The number of fused-ring (bicyclic) bond motifs is 3. The van der Waals surface area contributed by atoms with Gasteiger partial charge in [0, 0.05) is 30.1 Å². The van der Waals surface area contributed by atoms with Crippen molar-refractivity contribution in [1.29, 1.82) is 0 Å². The quantitative estimate of drug-likeness (QED) is 0.765. The highest BCUT2D eigenvalue weighted by Crippen LogP contribution is 2.39. The van der Waals surface area contributed by atoms with Crippen molar-refractivity contribution in [2.45, 2.75) is 71.5 Å². The third kappa shape index (κ3) is 3.88. The molecule has 1 aliphatic heterocycles. The number of aromatic nitrogens is 1. The van der Waals surface area contributed by atoms with E-state index in [0.29, 0.717) is 6.54 Å². The predicted molar refractivity (Wildman–Crippen MR) is 118 cm³/mol. The second-order valence-electron chi connectivity index (χ2n) is 9.31. The van der Waals surface area contributed by atoms with Crippen LogP contribution >= 0.6 is 0 Å². The van der Waals surface area contributed by atoms with Gasteiger partial charge in [0.05, 0.1) is 11.2 Å². The van der Waals surface area contributed by atoms with Crippen molar-refractivity contribution >= 4 is 30.0 Å². The third-order valence-electron chi connectivity index (χ3n) is 6.57. The van der Waals surface area contributed by atoms with E-state index in [1.165, 1.54) is 41.9 Å². The minimum Gasteiger partial charge on any atom is -0.400 e. The Morgan fingerprint density at radius 1 is 1.17 bits per heavy atom. The first-order valence-electron chi connectivity index (χ1n) is 10.6. The van der Waals surface area contributed by atoms with Gasteiger partial charge >= 0.3 is 7.12 Å². The molecule has 2 N–H and O–H groups in total. The lowest BCUT2D eigenvalue weighted by Crippen LogP contribution is -2.41. The zero-order valence-corrected chi connectivity index (χ0v) is 18.1. The van der Waals surface area contributed by atoms with Crippen molar-refractivity contribution in [2.24, 2.45) is 0 Å². The van der Waals surface area contributed by atoms with Crippen molar-refractivity contribution < 1.29 is 14.1 Å². The maximum atomic E-state index is 11.5. The SMILES string of the molecule is CC(=O)NCC(=Cc1ccc2[nH]c3c(c2c1)CCCC3)B1OC(C)(C)C(C)(C)O1. The molecule has 0 spiro atoms. The van der Waals surface area contributed by atoms with E-state index in [1.54, 1.807) is 0 Å². The molecule has 2 aromatic rings. The molecule has 1 aromatic carbocycles. The number of hydrogen-bond acceptors (Lipinski definition) is 3. The molecule has 1 saturated heterocycles.